The van der Waals surface area contributed by atoms with Gasteiger partial charge in [0.1, 0.15) is 5.75 Å². The van der Waals surface area contributed by atoms with Crippen LogP contribution in [-0.2, 0) is 0 Å². The van der Waals surface area contributed by atoms with Crippen molar-refractivity contribution in [2.45, 2.75) is 52.5 Å². The SMILES string of the molecule is CCNC1CCCOc2c(C)ccc(C(C)C)c21. The fraction of sp³-hybridized carbons (Fsp3) is 0.625. The van der Waals surface area contributed by atoms with E-state index in [9.17, 15) is 0 Å². The number of hydrogen-bond donors (Lipinski definition) is 1. The van der Waals surface area contributed by atoms with Crippen LogP contribution < -0.4 is 10.1 Å². The van der Waals surface area contributed by atoms with Gasteiger partial charge in [0.15, 0.2) is 0 Å². The summed E-state index contributed by atoms with van der Waals surface area (Å²) < 4.78 is 6.01. The second kappa shape index (κ2) is 5.75. The van der Waals surface area contributed by atoms with Gasteiger partial charge in [-0.05, 0) is 43.4 Å². The second-order valence-corrected chi connectivity index (χ2v) is 5.47. The van der Waals surface area contributed by atoms with Crippen LogP contribution >= 0.6 is 0 Å². The summed E-state index contributed by atoms with van der Waals surface area (Å²) in [6, 6.07) is 4.92. The van der Waals surface area contributed by atoms with E-state index in [1.54, 1.807) is 0 Å². The lowest BCUT2D eigenvalue weighted by molar-refractivity contribution is 0.313. The molecule has 1 aliphatic heterocycles. The van der Waals surface area contributed by atoms with E-state index in [1.807, 2.05) is 0 Å². The van der Waals surface area contributed by atoms with E-state index in [0.717, 1.165) is 25.3 Å². The van der Waals surface area contributed by atoms with E-state index in [1.165, 1.54) is 23.1 Å². The highest BCUT2D eigenvalue weighted by atomic mass is 16.5. The van der Waals surface area contributed by atoms with Crippen molar-refractivity contribution in [3.05, 3.63) is 28.8 Å². The van der Waals surface area contributed by atoms with Crippen molar-refractivity contribution < 1.29 is 4.74 Å². The summed E-state index contributed by atoms with van der Waals surface area (Å²) in [6.45, 7) is 10.7. The molecule has 100 valence electrons. The van der Waals surface area contributed by atoms with E-state index in [-0.39, 0.29) is 0 Å². The Morgan fingerprint density at radius 1 is 1.39 bits per heavy atom. The van der Waals surface area contributed by atoms with Crippen molar-refractivity contribution in [1.29, 1.82) is 0 Å². The molecule has 0 amide bonds. The van der Waals surface area contributed by atoms with Crippen LogP contribution in [-0.4, -0.2) is 13.2 Å². The zero-order valence-corrected chi connectivity index (χ0v) is 12.0. The van der Waals surface area contributed by atoms with Crippen molar-refractivity contribution in [3.8, 4) is 5.75 Å². The molecule has 0 bridgehead atoms. The van der Waals surface area contributed by atoms with E-state index < -0.39 is 0 Å². The fourth-order valence-corrected chi connectivity index (χ4v) is 2.83. The number of aryl methyl sites for hydroxylation is 1. The molecule has 0 radical (unpaired) electrons. The first-order valence-electron chi connectivity index (χ1n) is 7.14. The predicted molar refractivity (Wildman–Crippen MR) is 76.4 cm³/mol. The highest BCUT2D eigenvalue weighted by molar-refractivity contribution is 5.49. The van der Waals surface area contributed by atoms with Crippen LogP contribution in [0.25, 0.3) is 0 Å². The van der Waals surface area contributed by atoms with Gasteiger partial charge in [-0.2, -0.15) is 0 Å². The second-order valence-electron chi connectivity index (χ2n) is 5.47. The molecule has 1 aromatic carbocycles. The molecular formula is C16H25NO. The van der Waals surface area contributed by atoms with Crippen molar-refractivity contribution >= 4 is 0 Å². The summed E-state index contributed by atoms with van der Waals surface area (Å²) in [5.41, 5.74) is 4.10. The number of fused-ring (bicyclic) bond motifs is 1. The van der Waals surface area contributed by atoms with E-state index in [2.05, 4.69) is 45.1 Å². The van der Waals surface area contributed by atoms with Crippen LogP contribution in [0.4, 0.5) is 0 Å². The summed E-state index contributed by atoms with van der Waals surface area (Å²) in [7, 11) is 0. The molecule has 0 aromatic heterocycles. The zero-order valence-electron chi connectivity index (χ0n) is 12.0. The van der Waals surface area contributed by atoms with E-state index in [0.29, 0.717) is 12.0 Å². The Hall–Kier alpha value is -1.02. The van der Waals surface area contributed by atoms with Gasteiger partial charge in [0.25, 0.3) is 0 Å². The van der Waals surface area contributed by atoms with E-state index >= 15 is 0 Å². The Labute approximate surface area is 111 Å². The molecule has 1 aromatic rings. The van der Waals surface area contributed by atoms with Gasteiger partial charge >= 0.3 is 0 Å². The first-order chi connectivity index (χ1) is 8.65. The number of benzene rings is 1. The minimum atomic E-state index is 0.449. The lowest BCUT2D eigenvalue weighted by Gasteiger charge is -2.24. The maximum absolute atomic E-state index is 6.01. The first kappa shape index (κ1) is 13.4. The van der Waals surface area contributed by atoms with Crippen molar-refractivity contribution in [2.75, 3.05) is 13.2 Å². The molecule has 1 N–H and O–H groups in total. The average molecular weight is 247 g/mol. The monoisotopic (exact) mass is 247 g/mol. The Morgan fingerprint density at radius 3 is 2.83 bits per heavy atom. The van der Waals surface area contributed by atoms with Crippen molar-refractivity contribution in [2.24, 2.45) is 0 Å². The molecule has 0 fully saturated rings. The minimum Gasteiger partial charge on any atom is -0.493 e. The predicted octanol–water partition coefficient (Wildman–Crippen LogP) is 3.94. The number of rotatable bonds is 3. The summed E-state index contributed by atoms with van der Waals surface area (Å²) >= 11 is 0. The van der Waals surface area contributed by atoms with Gasteiger partial charge in [-0.25, -0.2) is 0 Å². The van der Waals surface area contributed by atoms with Gasteiger partial charge < -0.3 is 10.1 Å². The molecule has 2 heteroatoms. The quantitative estimate of drug-likeness (QED) is 0.873. The highest BCUT2D eigenvalue weighted by Crippen LogP contribution is 2.39. The molecule has 1 aliphatic rings. The highest BCUT2D eigenvalue weighted by Gasteiger charge is 2.24. The molecule has 0 aliphatic carbocycles. The first-order valence-corrected chi connectivity index (χ1v) is 7.14. The third-order valence-electron chi connectivity index (χ3n) is 3.73. The average Bonchev–Trinajstić information content (AvgIpc) is 2.54. The van der Waals surface area contributed by atoms with Crippen LogP contribution in [0.5, 0.6) is 5.75 Å². The van der Waals surface area contributed by atoms with Crippen LogP contribution in [0, 0.1) is 6.92 Å². The largest absolute Gasteiger partial charge is 0.493 e. The van der Waals surface area contributed by atoms with Gasteiger partial charge in [-0.1, -0.05) is 32.9 Å². The normalized spacial score (nSPS) is 19.3. The molecule has 2 rings (SSSR count). The smallest absolute Gasteiger partial charge is 0.127 e. The summed E-state index contributed by atoms with van der Waals surface area (Å²) in [6.07, 6.45) is 2.30. The van der Waals surface area contributed by atoms with Crippen LogP contribution in [0.2, 0.25) is 0 Å². The lowest BCUT2D eigenvalue weighted by Crippen LogP contribution is -2.22. The molecule has 1 unspecified atom stereocenters. The van der Waals surface area contributed by atoms with Crippen LogP contribution in [0.1, 0.15) is 62.3 Å². The van der Waals surface area contributed by atoms with Gasteiger partial charge in [0, 0.05) is 11.6 Å². The molecule has 0 spiro atoms. The van der Waals surface area contributed by atoms with E-state index in [4.69, 9.17) is 4.74 Å². The summed E-state index contributed by atoms with van der Waals surface area (Å²) in [5, 5.41) is 3.62. The van der Waals surface area contributed by atoms with Crippen molar-refractivity contribution in [3.63, 3.8) is 0 Å². The van der Waals surface area contributed by atoms with Crippen molar-refractivity contribution in [1.82, 2.24) is 5.32 Å². The zero-order chi connectivity index (χ0) is 13.1. The lowest BCUT2D eigenvalue weighted by atomic mass is 9.89. The third-order valence-corrected chi connectivity index (χ3v) is 3.73. The van der Waals surface area contributed by atoms with Crippen LogP contribution in [0.15, 0.2) is 12.1 Å². The Morgan fingerprint density at radius 2 is 2.17 bits per heavy atom. The van der Waals surface area contributed by atoms with Gasteiger partial charge in [0.2, 0.25) is 0 Å². The Balaban J connectivity index is 2.53. The van der Waals surface area contributed by atoms with Gasteiger partial charge in [-0.3, -0.25) is 0 Å². The molecule has 0 saturated carbocycles. The van der Waals surface area contributed by atoms with Crippen LogP contribution in [0.3, 0.4) is 0 Å². The molecule has 1 heterocycles. The minimum absolute atomic E-state index is 0.449. The molecule has 1 atom stereocenters. The maximum Gasteiger partial charge on any atom is 0.127 e. The third kappa shape index (κ3) is 2.54. The standard InChI is InChI=1S/C16H25NO/c1-5-17-14-7-6-10-18-16-12(4)8-9-13(11(2)3)15(14)16/h8-9,11,14,17H,5-7,10H2,1-4H3. The number of nitrogens with one attached hydrogen (secondary N) is 1. The molecule has 18 heavy (non-hydrogen) atoms. The molecule has 0 saturated heterocycles. The topological polar surface area (TPSA) is 21.3 Å². The van der Waals surface area contributed by atoms with Gasteiger partial charge in [0.05, 0.1) is 6.61 Å². The number of ether oxygens (including phenoxy) is 1. The Bertz CT molecular complexity index is 412. The van der Waals surface area contributed by atoms with Gasteiger partial charge in [-0.15, -0.1) is 0 Å². The Kier molecular flexibility index (Phi) is 4.28. The summed E-state index contributed by atoms with van der Waals surface area (Å²) in [5.74, 6) is 1.67. The number of hydrogen-bond acceptors (Lipinski definition) is 2. The fourth-order valence-electron chi connectivity index (χ4n) is 2.83. The summed E-state index contributed by atoms with van der Waals surface area (Å²) in [4.78, 5) is 0. The maximum atomic E-state index is 6.01. The molecular weight excluding hydrogens is 222 g/mol. The molecule has 2 nitrogen and oxygen atoms in total.